The van der Waals surface area contributed by atoms with E-state index in [0.29, 0.717) is 26.3 Å². The Morgan fingerprint density at radius 1 is 0.826 bits per heavy atom. The molecule has 0 spiro atoms. The number of urea groups is 1. The van der Waals surface area contributed by atoms with Gasteiger partial charge in [-0.25, -0.2) is 4.79 Å². The molecule has 0 unspecified atom stereocenters. The van der Waals surface area contributed by atoms with Gasteiger partial charge in [0.1, 0.15) is 0 Å². The fraction of sp³-hybridized carbons (Fsp3) is 0.316. The molecule has 0 heterocycles. The first-order valence-electron chi connectivity index (χ1n) is 8.02. The molecule has 0 atom stereocenters. The molecule has 0 aliphatic rings. The molecule has 4 nitrogen and oxygen atoms in total. The summed E-state index contributed by atoms with van der Waals surface area (Å²) in [5.41, 5.74) is 2.37. The summed E-state index contributed by atoms with van der Waals surface area (Å²) in [6.07, 6.45) is 1.74. The standard InChI is InChI=1S/C19H24N2O2/c22-19(21-16-18-10-5-2-6-11-18)20-13-7-14-23-15-12-17-8-3-1-4-9-17/h1-6,8-11H,7,12-16H2,(H2,20,21,22). The van der Waals surface area contributed by atoms with Gasteiger partial charge in [0.25, 0.3) is 0 Å². The summed E-state index contributed by atoms with van der Waals surface area (Å²) in [4.78, 5) is 11.6. The van der Waals surface area contributed by atoms with Crippen molar-refractivity contribution >= 4 is 6.03 Å². The Balaban J connectivity index is 1.45. The third-order valence-corrected chi connectivity index (χ3v) is 3.42. The van der Waals surface area contributed by atoms with Gasteiger partial charge in [-0.15, -0.1) is 0 Å². The van der Waals surface area contributed by atoms with Crippen molar-refractivity contribution in [1.29, 1.82) is 0 Å². The zero-order valence-corrected chi connectivity index (χ0v) is 13.3. The molecule has 0 bridgehead atoms. The summed E-state index contributed by atoms with van der Waals surface area (Å²) in [7, 11) is 0. The molecule has 23 heavy (non-hydrogen) atoms. The minimum absolute atomic E-state index is 0.141. The molecule has 0 aliphatic carbocycles. The number of rotatable bonds is 9. The van der Waals surface area contributed by atoms with E-state index in [-0.39, 0.29) is 6.03 Å². The first-order valence-corrected chi connectivity index (χ1v) is 8.02. The summed E-state index contributed by atoms with van der Waals surface area (Å²) < 4.78 is 5.58. The maximum Gasteiger partial charge on any atom is 0.315 e. The SMILES string of the molecule is O=C(NCCCOCCc1ccccc1)NCc1ccccc1. The highest BCUT2D eigenvalue weighted by atomic mass is 16.5. The van der Waals surface area contributed by atoms with E-state index in [1.165, 1.54) is 5.56 Å². The fourth-order valence-electron chi connectivity index (χ4n) is 2.15. The van der Waals surface area contributed by atoms with Crippen molar-refractivity contribution in [2.75, 3.05) is 19.8 Å². The zero-order valence-electron chi connectivity index (χ0n) is 13.3. The molecule has 2 rings (SSSR count). The van der Waals surface area contributed by atoms with Crippen LogP contribution >= 0.6 is 0 Å². The predicted octanol–water partition coefficient (Wildman–Crippen LogP) is 3.14. The number of ether oxygens (including phenoxy) is 1. The number of hydrogen-bond donors (Lipinski definition) is 2. The van der Waals surface area contributed by atoms with Crippen LogP contribution in [0.4, 0.5) is 4.79 Å². The van der Waals surface area contributed by atoms with Gasteiger partial charge in [-0.05, 0) is 24.0 Å². The molecule has 0 radical (unpaired) electrons. The Hall–Kier alpha value is -2.33. The van der Waals surface area contributed by atoms with E-state index in [2.05, 4.69) is 22.8 Å². The van der Waals surface area contributed by atoms with Crippen molar-refractivity contribution in [3.05, 3.63) is 71.8 Å². The Morgan fingerprint density at radius 3 is 2.17 bits per heavy atom. The second-order valence-electron chi connectivity index (χ2n) is 5.30. The Bertz CT molecular complexity index is 558. The highest BCUT2D eigenvalue weighted by molar-refractivity contribution is 5.73. The molecule has 2 aromatic carbocycles. The van der Waals surface area contributed by atoms with Crippen LogP contribution in [0, 0.1) is 0 Å². The van der Waals surface area contributed by atoms with Gasteiger partial charge in [-0.2, -0.15) is 0 Å². The van der Waals surface area contributed by atoms with Crippen molar-refractivity contribution in [2.24, 2.45) is 0 Å². The van der Waals surface area contributed by atoms with Crippen LogP contribution in [-0.4, -0.2) is 25.8 Å². The van der Waals surface area contributed by atoms with Gasteiger partial charge in [0.05, 0.1) is 6.61 Å². The average molecular weight is 312 g/mol. The second-order valence-corrected chi connectivity index (χ2v) is 5.30. The zero-order chi connectivity index (χ0) is 16.2. The summed E-state index contributed by atoms with van der Waals surface area (Å²) in [6, 6.07) is 20.0. The first-order chi connectivity index (χ1) is 11.3. The number of amides is 2. The lowest BCUT2D eigenvalue weighted by Crippen LogP contribution is -2.35. The Kier molecular flexibility index (Phi) is 7.70. The van der Waals surface area contributed by atoms with Gasteiger partial charge < -0.3 is 15.4 Å². The van der Waals surface area contributed by atoms with Crippen LogP contribution in [0.3, 0.4) is 0 Å². The van der Waals surface area contributed by atoms with Crippen LogP contribution in [0.25, 0.3) is 0 Å². The lowest BCUT2D eigenvalue weighted by atomic mass is 10.2. The maximum absolute atomic E-state index is 11.6. The van der Waals surface area contributed by atoms with Gasteiger partial charge in [-0.1, -0.05) is 60.7 Å². The van der Waals surface area contributed by atoms with Crippen LogP contribution in [0.5, 0.6) is 0 Å². The molecule has 2 amide bonds. The molecule has 0 aliphatic heterocycles. The fourth-order valence-corrected chi connectivity index (χ4v) is 2.15. The summed E-state index contributed by atoms with van der Waals surface area (Å²) in [5, 5.41) is 5.66. The van der Waals surface area contributed by atoms with Gasteiger partial charge in [0.2, 0.25) is 0 Å². The monoisotopic (exact) mass is 312 g/mol. The van der Waals surface area contributed by atoms with E-state index in [0.717, 1.165) is 18.4 Å². The molecule has 0 saturated heterocycles. The molecule has 2 N–H and O–H groups in total. The number of benzene rings is 2. The molecule has 4 heteroatoms. The molecule has 122 valence electrons. The van der Waals surface area contributed by atoms with E-state index in [1.54, 1.807) is 0 Å². The van der Waals surface area contributed by atoms with Gasteiger partial charge in [0.15, 0.2) is 0 Å². The molecular formula is C19H24N2O2. The summed E-state index contributed by atoms with van der Waals surface area (Å²) in [6.45, 7) is 2.53. The third kappa shape index (κ3) is 7.47. The average Bonchev–Trinajstić information content (AvgIpc) is 2.61. The van der Waals surface area contributed by atoms with Gasteiger partial charge in [0, 0.05) is 19.7 Å². The van der Waals surface area contributed by atoms with E-state index < -0.39 is 0 Å². The van der Waals surface area contributed by atoms with Crippen molar-refractivity contribution in [1.82, 2.24) is 10.6 Å². The molecule has 0 aromatic heterocycles. The van der Waals surface area contributed by atoms with Crippen molar-refractivity contribution in [3.8, 4) is 0 Å². The highest BCUT2D eigenvalue weighted by Gasteiger charge is 1.99. The van der Waals surface area contributed by atoms with Crippen LogP contribution in [0.2, 0.25) is 0 Å². The van der Waals surface area contributed by atoms with Crippen LogP contribution < -0.4 is 10.6 Å². The summed E-state index contributed by atoms with van der Waals surface area (Å²) >= 11 is 0. The molecule has 0 fully saturated rings. The number of carbonyl (C=O) groups is 1. The van der Waals surface area contributed by atoms with Crippen LogP contribution in [-0.2, 0) is 17.7 Å². The van der Waals surface area contributed by atoms with Gasteiger partial charge >= 0.3 is 6.03 Å². The molecule has 2 aromatic rings. The summed E-state index contributed by atoms with van der Waals surface area (Å²) in [5.74, 6) is 0. The van der Waals surface area contributed by atoms with Crippen LogP contribution in [0.1, 0.15) is 17.5 Å². The second kappa shape index (κ2) is 10.4. The topological polar surface area (TPSA) is 50.4 Å². The Morgan fingerprint density at radius 2 is 1.48 bits per heavy atom. The highest BCUT2D eigenvalue weighted by Crippen LogP contribution is 1.99. The number of carbonyl (C=O) groups excluding carboxylic acids is 1. The maximum atomic E-state index is 11.6. The normalized spacial score (nSPS) is 10.3. The minimum atomic E-state index is -0.141. The van der Waals surface area contributed by atoms with E-state index in [9.17, 15) is 4.79 Å². The van der Waals surface area contributed by atoms with Crippen molar-refractivity contribution in [2.45, 2.75) is 19.4 Å². The van der Waals surface area contributed by atoms with Crippen molar-refractivity contribution in [3.63, 3.8) is 0 Å². The van der Waals surface area contributed by atoms with Crippen LogP contribution in [0.15, 0.2) is 60.7 Å². The van der Waals surface area contributed by atoms with Gasteiger partial charge in [-0.3, -0.25) is 0 Å². The van der Waals surface area contributed by atoms with Crippen molar-refractivity contribution < 1.29 is 9.53 Å². The lowest BCUT2D eigenvalue weighted by molar-refractivity contribution is 0.135. The molecule has 0 saturated carbocycles. The quantitative estimate of drug-likeness (QED) is 0.699. The Labute approximate surface area is 137 Å². The molecular weight excluding hydrogens is 288 g/mol. The largest absolute Gasteiger partial charge is 0.381 e. The third-order valence-electron chi connectivity index (χ3n) is 3.42. The minimum Gasteiger partial charge on any atom is -0.381 e. The predicted molar refractivity (Wildman–Crippen MR) is 92.3 cm³/mol. The van der Waals surface area contributed by atoms with E-state index >= 15 is 0 Å². The first kappa shape index (κ1) is 17.0. The number of nitrogens with one attached hydrogen (secondary N) is 2. The number of hydrogen-bond acceptors (Lipinski definition) is 2. The van der Waals surface area contributed by atoms with E-state index in [1.807, 2.05) is 48.5 Å². The smallest absolute Gasteiger partial charge is 0.315 e. The lowest BCUT2D eigenvalue weighted by Gasteiger charge is -2.08. The van der Waals surface area contributed by atoms with E-state index in [4.69, 9.17) is 4.74 Å².